The molecule has 0 atom stereocenters. The van der Waals surface area contributed by atoms with Crippen LogP contribution in [-0.2, 0) is 22.5 Å². The molecule has 0 aliphatic carbocycles. The van der Waals surface area contributed by atoms with Gasteiger partial charge in [0.1, 0.15) is 11.6 Å². The Bertz CT molecular complexity index is 883. The van der Waals surface area contributed by atoms with Crippen molar-refractivity contribution in [1.29, 1.82) is 0 Å². The van der Waals surface area contributed by atoms with Gasteiger partial charge in [0.15, 0.2) is 5.69 Å². The fourth-order valence-corrected chi connectivity index (χ4v) is 2.93. The van der Waals surface area contributed by atoms with E-state index in [0.717, 1.165) is 0 Å². The van der Waals surface area contributed by atoms with Gasteiger partial charge >= 0.3 is 5.69 Å². The van der Waals surface area contributed by atoms with E-state index in [1.165, 1.54) is 9.47 Å². The van der Waals surface area contributed by atoms with E-state index in [0.29, 0.717) is 31.8 Å². The Kier molecular flexibility index (Phi) is 7.62. The molecule has 0 aliphatic heterocycles. The minimum absolute atomic E-state index is 0.000739. The third kappa shape index (κ3) is 5.35. The van der Waals surface area contributed by atoms with E-state index in [4.69, 9.17) is 14.9 Å². The molecule has 0 aliphatic rings. The lowest BCUT2D eigenvalue weighted by molar-refractivity contribution is -0.118. The number of furan rings is 1. The molecular weight excluding hydrogens is 364 g/mol. The lowest BCUT2D eigenvalue weighted by Crippen LogP contribution is -2.42. The molecule has 0 bridgehead atoms. The zero-order valence-corrected chi connectivity index (χ0v) is 16.6. The average Bonchev–Trinajstić information content (AvgIpc) is 3.15. The summed E-state index contributed by atoms with van der Waals surface area (Å²) in [5, 5.41) is 0. The molecule has 9 heteroatoms. The van der Waals surface area contributed by atoms with Crippen molar-refractivity contribution in [3.05, 3.63) is 45.0 Å². The number of H-pyrrole nitrogens is 1. The Hall–Kier alpha value is -2.81. The second-order valence-electron chi connectivity index (χ2n) is 6.97. The Morgan fingerprint density at radius 3 is 2.75 bits per heavy atom. The van der Waals surface area contributed by atoms with Crippen LogP contribution in [0.3, 0.4) is 0 Å². The van der Waals surface area contributed by atoms with Crippen LogP contribution in [0.4, 0.5) is 11.5 Å². The van der Waals surface area contributed by atoms with E-state index in [2.05, 4.69) is 4.98 Å². The summed E-state index contributed by atoms with van der Waals surface area (Å²) in [5.74, 6) is 0.526. The van der Waals surface area contributed by atoms with Crippen molar-refractivity contribution in [2.24, 2.45) is 5.92 Å². The Morgan fingerprint density at radius 2 is 2.14 bits per heavy atom. The SMILES string of the molecule is COCCCN(C(=O)CCc1ccco1)c1c(N)n(CC(C)C)c(=O)[nH]c1=O. The van der Waals surface area contributed by atoms with Gasteiger partial charge in [-0.05, 0) is 24.5 Å². The molecule has 0 saturated heterocycles. The minimum atomic E-state index is -0.675. The molecule has 0 unspecified atom stereocenters. The summed E-state index contributed by atoms with van der Waals surface area (Å²) < 4.78 is 11.6. The van der Waals surface area contributed by atoms with E-state index in [1.54, 1.807) is 25.5 Å². The van der Waals surface area contributed by atoms with Crippen molar-refractivity contribution in [3.8, 4) is 0 Å². The maximum absolute atomic E-state index is 12.9. The first-order valence-corrected chi connectivity index (χ1v) is 9.29. The number of carbonyl (C=O) groups excluding carboxylic acids is 1. The fraction of sp³-hybridized carbons (Fsp3) is 0.526. The van der Waals surface area contributed by atoms with Crippen LogP contribution >= 0.6 is 0 Å². The number of nitrogens with two attached hydrogens (primary N) is 1. The number of nitrogens with zero attached hydrogens (tertiary/aromatic N) is 2. The number of carbonyl (C=O) groups is 1. The number of nitrogen functional groups attached to an aromatic ring is 1. The van der Waals surface area contributed by atoms with Crippen LogP contribution in [0.1, 0.15) is 32.4 Å². The highest BCUT2D eigenvalue weighted by Crippen LogP contribution is 2.20. The van der Waals surface area contributed by atoms with E-state index >= 15 is 0 Å². The largest absolute Gasteiger partial charge is 0.469 e. The number of amides is 1. The lowest BCUT2D eigenvalue weighted by atomic mass is 10.2. The molecule has 2 aromatic heterocycles. The molecule has 1 amide bonds. The number of aryl methyl sites for hydroxylation is 1. The first-order chi connectivity index (χ1) is 13.3. The summed E-state index contributed by atoms with van der Waals surface area (Å²) in [7, 11) is 1.56. The number of methoxy groups -OCH3 is 1. The van der Waals surface area contributed by atoms with Gasteiger partial charge in [-0.15, -0.1) is 0 Å². The van der Waals surface area contributed by atoms with E-state index in [1.807, 2.05) is 13.8 Å². The topological polar surface area (TPSA) is 124 Å². The first kappa shape index (κ1) is 21.5. The quantitative estimate of drug-likeness (QED) is 0.589. The van der Waals surface area contributed by atoms with Gasteiger partial charge in [0, 0.05) is 39.6 Å². The number of nitrogens with one attached hydrogen (secondary N) is 1. The highest BCUT2D eigenvalue weighted by molar-refractivity contribution is 5.95. The van der Waals surface area contributed by atoms with Gasteiger partial charge in [0.25, 0.3) is 5.56 Å². The molecule has 2 heterocycles. The number of aromatic nitrogens is 2. The molecule has 3 N–H and O–H groups in total. The van der Waals surface area contributed by atoms with Crippen LogP contribution in [0.15, 0.2) is 32.4 Å². The van der Waals surface area contributed by atoms with Gasteiger partial charge in [-0.1, -0.05) is 13.8 Å². The van der Waals surface area contributed by atoms with Crippen molar-refractivity contribution in [1.82, 2.24) is 9.55 Å². The maximum Gasteiger partial charge on any atom is 0.330 e. The summed E-state index contributed by atoms with van der Waals surface area (Å²) in [6.45, 7) is 4.87. The smallest absolute Gasteiger partial charge is 0.330 e. The van der Waals surface area contributed by atoms with Gasteiger partial charge in [-0.3, -0.25) is 19.1 Å². The van der Waals surface area contributed by atoms with Crippen molar-refractivity contribution in [2.75, 3.05) is 30.9 Å². The second-order valence-corrected chi connectivity index (χ2v) is 6.97. The van der Waals surface area contributed by atoms with E-state index in [9.17, 15) is 14.4 Å². The second kappa shape index (κ2) is 9.93. The Morgan fingerprint density at radius 1 is 1.39 bits per heavy atom. The molecule has 0 aromatic carbocycles. The lowest BCUT2D eigenvalue weighted by Gasteiger charge is -2.25. The van der Waals surface area contributed by atoms with E-state index < -0.39 is 11.2 Å². The van der Waals surface area contributed by atoms with Gasteiger partial charge < -0.3 is 19.8 Å². The molecule has 9 nitrogen and oxygen atoms in total. The van der Waals surface area contributed by atoms with Crippen LogP contribution in [-0.4, -0.2) is 35.7 Å². The molecular formula is C19H28N4O5. The number of anilines is 2. The molecule has 2 rings (SSSR count). The molecule has 154 valence electrons. The van der Waals surface area contributed by atoms with Crippen LogP contribution < -0.4 is 21.9 Å². The predicted molar refractivity (Wildman–Crippen MR) is 106 cm³/mol. The molecule has 28 heavy (non-hydrogen) atoms. The van der Waals surface area contributed by atoms with Crippen molar-refractivity contribution < 1.29 is 13.9 Å². The molecule has 0 spiro atoms. The van der Waals surface area contributed by atoms with Crippen molar-refractivity contribution >= 4 is 17.4 Å². The standard InChI is InChI=1S/C19H28N4O5/c1-13(2)12-23-17(20)16(18(25)21-19(23)26)22(9-5-10-27-3)15(24)8-7-14-6-4-11-28-14/h4,6,11,13H,5,7-10,12,20H2,1-3H3,(H,21,25,26). The third-order valence-corrected chi connectivity index (χ3v) is 4.23. The third-order valence-electron chi connectivity index (χ3n) is 4.23. The summed E-state index contributed by atoms with van der Waals surface area (Å²) in [6.07, 6.45) is 2.60. The Labute approximate surface area is 163 Å². The maximum atomic E-state index is 12.9. The predicted octanol–water partition coefficient (Wildman–Crippen LogP) is 1.37. The molecule has 2 aromatic rings. The normalized spacial score (nSPS) is 11.1. The van der Waals surface area contributed by atoms with Crippen molar-refractivity contribution in [3.63, 3.8) is 0 Å². The van der Waals surface area contributed by atoms with Crippen molar-refractivity contribution in [2.45, 2.75) is 39.7 Å². The minimum Gasteiger partial charge on any atom is -0.469 e. The van der Waals surface area contributed by atoms with Gasteiger partial charge in [-0.2, -0.15) is 0 Å². The van der Waals surface area contributed by atoms with Crippen LogP contribution in [0.5, 0.6) is 0 Å². The summed E-state index contributed by atoms with van der Waals surface area (Å²) in [6, 6.07) is 3.53. The molecule has 0 radical (unpaired) electrons. The molecule has 0 fully saturated rings. The van der Waals surface area contributed by atoms with Crippen LogP contribution in [0, 0.1) is 5.92 Å². The average molecular weight is 392 g/mol. The first-order valence-electron chi connectivity index (χ1n) is 9.29. The van der Waals surface area contributed by atoms with Gasteiger partial charge in [0.2, 0.25) is 5.91 Å². The number of aromatic amines is 1. The molecule has 0 saturated carbocycles. The number of hydrogen-bond donors (Lipinski definition) is 2. The number of hydrogen-bond acceptors (Lipinski definition) is 6. The Balaban J connectivity index is 2.37. The fourth-order valence-electron chi connectivity index (χ4n) is 2.93. The van der Waals surface area contributed by atoms with Crippen LogP contribution in [0.2, 0.25) is 0 Å². The van der Waals surface area contributed by atoms with Gasteiger partial charge in [0.05, 0.1) is 6.26 Å². The van der Waals surface area contributed by atoms with Gasteiger partial charge in [-0.25, -0.2) is 4.79 Å². The summed E-state index contributed by atoms with van der Waals surface area (Å²) in [5.41, 5.74) is 4.91. The number of ether oxygens (including phenoxy) is 1. The monoisotopic (exact) mass is 392 g/mol. The number of rotatable bonds is 10. The van der Waals surface area contributed by atoms with E-state index in [-0.39, 0.29) is 36.3 Å². The highest BCUT2D eigenvalue weighted by Gasteiger charge is 2.24. The zero-order chi connectivity index (χ0) is 20.7. The highest BCUT2D eigenvalue weighted by atomic mass is 16.5. The van der Waals surface area contributed by atoms with Crippen LogP contribution in [0.25, 0.3) is 0 Å². The summed E-state index contributed by atoms with van der Waals surface area (Å²) >= 11 is 0. The zero-order valence-electron chi connectivity index (χ0n) is 16.6. The summed E-state index contributed by atoms with van der Waals surface area (Å²) in [4.78, 5) is 41.2.